The predicted molar refractivity (Wildman–Crippen MR) is 88.7 cm³/mol. The zero-order valence-corrected chi connectivity index (χ0v) is 14.3. The van der Waals surface area contributed by atoms with Crippen molar-refractivity contribution >= 4 is 16.0 Å². The molecule has 0 heterocycles. The highest BCUT2D eigenvalue weighted by Gasteiger charge is 2.08. The molecule has 0 aliphatic heterocycles. The molecule has 0 aliphatic carbocycles. The fourth-order valence-electron chi connectivity index (χ4n) is 1.68. The number of para-hydroxylation sites is 1. The number of halogens is 1. The van der Waals surface area contributed by atoms with Crippen LogP contribution in [-0.2, 0) is 10.0 Å². The van der Waals surface area contributed by atoms with Gasteiger partial charge in [-0.3, -0.25) is 4.99 Å². The largest absolute Gasteiger partial charge is 0.486 e. The number of benzene rings is 1. The summed E-state index contributed by atoms with van der Waals surface area (Å²) in [7, 11) is -1.60. The Morgan fingerprint density at radius 2 is 2.00 bits per heavy atom. The molecule has 130 valence electrons. The molecule has 1 aromatic rings. The zero-order chi connectivity index (χ0) is 17.3. The quantitative estimate of drug-likeness (QED) is 0.358. The smallest absolute Gasteiger partial charge is 0.208 e. The summed E-state index contributed by atoms with van der Waals surface area (Å²) in [6.45, 7) is 2.85. The summed E-state index contributed by atoms with van der Waals surface area (Å²) in [5, 5.41) is 5.98. The standard InChI is InChI=1S/C14H23FN4O3S/c1-11(22-13-7-5-4-6-12(13)15)10-18-14(16-2)17-8-9-19-23(3,20)21/h4-7,11,19H,8-10H2,1-3H3,(H2,16,17,18). The van der Waals surface area contributed by atoms with Gasteiger partial charge in [0.05, 0.1) is 12.8 Å². The molecular formula is C14H23FN4O3S. The third kappa shape index (κ3) is 8.36. The van der Waals surface area contributed by atoms with Crippen molar-refractivity contribution in [1.29, 1.82) is 0 Å². The number of rotatable bonds is 8. The normalized spacial score (nSPS) is 13.5. The molecule has 3 N–H and O–H groups in total. The minimum Gasteiger partial charge on any atom is -0.486 e. The van der Waals surface area contributed by atoms with Crippen LogP contribution < -0.4 is 20.1 Å². The number of guanidine groups is 1. The molecule has 9 heteroatoms. The number of aliphatic imine (C=N–C) groups is 1. The van der Waals surface area contributed by atoms with Crippen molar-refractivity contribution in [2.75, 3.05) is 32.9 Å². The maximum absolute atomic E-state index is 13.5. The van der Waals surface area contributed by atoms with E-state index in [1.165, 1.54) is 6.07 Å². The van der Waals surface area contributed by atoms with Crippen molar-refractivity contribution in [3.8, 4) is 5.75 Å². The van der Waals surface area contributed by atoms with Crippen molar-refractivity contribution in [2.45, 2.75) is 13.0 Å². The monoisotopic (exact) mass is 346 g/mol. The van der Waals surface area contributed by atoms with Crippen molar-refractivity contribution < 1.29 is 17.5 Å². The van der Waals surface area contributed by atoms with E-state index in [4.69, 9.17) is 4.74 Å². The predicted octanol–water partition coefficient (Wildman–Crippen LogP) is 0.307. The van der Waals surface area contributed by atoms with Gasteiger partial charge in [-0.25, -0.2) is 17.5 Å². The minimum atomic E-state index is -3.20. The molecule has 1 rings (SSSR count). The summed E-state index contributed by atoms with van der Waals surface area (Å²) in [5.41, 5.74) is 0. The van der Waals surface area contributed by atoms with Crippen LogP contribution in [-0.4, -0.2) is 53.4 Å². The summed E-state index contributed by atoms with van der Waals surface area (Å²) in [6.07, 6.45) is 0.821. The van der Waals surface area contributed by atoms with Crippen LogP contribution in [0.4, 0.5) is 4.39 Å². The van der Waals surface area contributed by atoms with Gasteiger partial charge in [0.25, 0.3) is 0 Å². The van der Waals surface area contributed by atoms with E-state index in [0.29, 0.717) is 19.0 Å². The van der Waals surface area contributed by atoms with Crippen molar-refractivity contribution in [1.82, 2.24) is 15.4 Å². The Kier molecular flexibility index (Phi) is 7.76. The first kappa shape index (κ1) is 19.2. The lowest BCUT2D eigenvalue weighted by atomic mass is 10.3. The number of ether oxygens (including phenoxy) is 1. The summed E-state index contributed by atoms with van der Waals surface area (Å²) in [6, 6.07) is 6.20. The van der Waals surface area contributed by atoms with E-state index in [0.717, 1.165) is 6.26 Å². The van der Waals surface area contributed by atoms with Gasteiger partial charge in [0.1, 0.15) is 6.10 Å². The molecule has 1 atom stereocenters. The Bertz CT molecular complexity index is 622. The Labute approximate surface area is 136 Å². The molecular weight excluding hydrogens is 323 g/mol. The lowest BCUT2D eigenvalue weighted by Crippen LogP contribution is -2.44. The summed E-state index contributed by atoms with van der Waals surface area (Å²) < 4.78 is 43.2. The highest BCUT2D eigenvalue weighted by molar-refractivity contribution is 7.88. The second-order valence-electron chi connectivity index (χ2n) is 4.91. The zero-order valence-electron chi connectivity index (χ0n) is 13.5. The molecule has 0 bridgehead atoms. The van der Waals surface area contributed by atoms with Gasteiger partial charge in [-0.05, 0) is 19.1 Å². The third-order valence-electron chi connectivity index (χ3n) is 2.73. The van der Waals surface area contributed by atoms with E-state index >= 15 is 0 Å². The summed E-state index contributed by atoms with van der Waals surface area (Å²) in [4.78, 5) is 4.01. The van der Waals surface area contributed by atoms with Gasteiger partial charge >= 0.3 is 0 Å². The van der Waals surface area contributed by atoms with Gasteiger partial charge in [-0.1, -0.05) is 12.1 Å². The molecule has 1 unspecified atom stereocenters. The number of sulfonamides is 1. The Morgan fingerprint density at radius 3 is 2.61 bits per heavy atom. The number of nitrogens with one attached hydrogen (secondary N) is 3. The number of hydrogen-bond acceptors (Lipinski definition) is 4. The summed E-state index contributed by atoms with van der Waals surface area (Å²) >= 11 is 0. The van der Waals surface area contributed by atoms with E-state index in [1.54, 1.807) is 32.2 Å². The van der Waals surface area contributed by atoms with Crippen LogP contribution in [0.25, 0.3) is 0 Å². The molecule has 0 saturated heterocycles. The first-order valence-electron chi connectivity index (χ1n) is 7.12. The van der Waals surface area contributed by atoms with Crippen LogP contribution in [0, 0.1) is 5.82 Å². The van der Waals surface area contributed by atoms with Crippen LogP contribution in [0.5, 0.6) is 5.75 Å². The fraction of sp³-hybridized carbons (Fsp3) is 0.500. The molecule has 1 aromatic carbocycles. The lowest BCUT2D eigenvalue weighted by molar-refractivity contribution is 0.214. The van der Waals surface area contributed by atoms with Crippen LogP contribution in [0.1, 0.15) is 6.92 Å². The maximum atomic E-state index is 13.5. The Morgan fingerprint density at radius 1 is 1.30 bits per heavy atom. The van der Waals surface area contributed by atoms with Gasteiger partial charge in [0.15, 0.2) is 17.5 Å². The average Bonchev–Trinajstić information content (AvgIpc) is 2.48. The Balaban J connectivity index is 2.32. The van der Waals surface area contributed by atoms with Crippen LogP contribution in [0.3, 0.4) is 0 Å². The molecule has 0 aliphatic rings. The number of nitrogens with zero attached hydrogens (tertiary/aromatic N) is 1. The molecule has 0 radical (unpaired) electrons. The van der Waals surface area contributed by atoms with E-state index in [1.807, 2.05) is 0 Å². The molecule has 7 nitrogen and oxygen atoms in total. The second-order valence-corrected chi connectivity index (χ2v) is 6.74. The third-order valence-corrected chi connectivity index (χ3v) is 3.46. The Hall–Kier alpha value is -1.87. The van der Waals surface area contributed by atoms with Gasteiger partial charge in [0.2, 0.25) is 10.0 Å². The topological polar surface area (TPSA) is 91.8 Å². The van der Waals surface area contributed by atoms with E-state index < -0.39 is 15.8 Å². The number of hydrogen-bond donors (Lipinski definition) is 3. The molecule has 0 spiro atoms. The highest BCUT2D eigenvalue weighted by Crippen LogP contribution is 2.16. The van der Waals surface area contributed by atoms with E-state index in [2.05, 4.69) is 20.3 Å². The van der Waals surface area contributed by atoms with E-state index in [9.17, 15) is 12.8 Å². The van der Waals surface area contributed by atoms with Crippen LogP contribution >= 0.6 is 0 Å². The lowest BCUT2D eigenvalue weighted by Gasteiger charge is -2.18. The maximum Gasteiger partial charge on any atom is 0.208 e. The molecule has 23 heavy (non-hydrogen) atoms. The van der Waals surface area contributed by atoms with Crippen molar-refractivity contribution in [3.05, 3.63) is 30.1 Å². The van der Waals surface area contributed by atoms with Crippen LogP contribution in [0.15, 0.2) is 29.3 Å². The molecule has 0 fully saturated rings. The summed E-state index contributed by atoms with van der Waals surface area (Å²) in [5.74, 6) is 0.292. The van der Waals surface area contributed by atoms with Gasteiger partial charge in [-0.2, -0.15) is 0 Å². The van der Waals surface area contributed by atoms with Gasteiger partial charge < -0.3 is 15.4 Å². The van der Waals surface area contributed by atoms with Gasteiger partial charge in [-0.15, -0.1) is 0 Å². The SMILES string of the molecule is CN=C(NCCNS(C)(=O)=O)NCC(C)Oc1ccccc1F. The van der Waals surface area contributed by atoms with Crippen molar-refractivity contribution in [2.24, 2.45) is 4.99 Å². The molecule has 0 amide bonds. The van der Waals surface area contributed by atoms with Crippen molar-refractivity contribution in [3.63, 3.8) is 0 Å². The minimum absolute atomic E-state index is 0.196. The molecule has 0 saturated carbocycles. The molecule has 0 aromatic heterocycles. The highest BCUT2D eigenvalue weighted by atomic mass is 32.2. The first-order chi connectivity index (χ1) is 10.8. The fourth-order valence-corrected chi connectivity index (χ4v) is 2.15. The second kappa shape index (κ2) is 9.31. The first-order valence-corrected chi connectivity index (χ1v) is 9.01. The van der Waals surface area contributed by atoms with Crippen LogP contribution in [0.2, 0.25) is 0 Å². The van der Waals surface area contributed by atoms with E-state index in [-0.39, 0.29) is 18.4 Å². The van der Waals surface area contributed by atoms with Gasteiger partial charge in [0, 0.05) is 20.1 Å². The average molecular weight is 346 g/mol.